The Labute approximate surface area is 126 Å². The average Bonchev–Trinajstić information content (AvgIpc) is 2.80. The first-order valence-electron chi connectivity index (χ1n) is 7.79. The number of nitrogens with zero attached hydrogens (tertiary/aromatic N) is 1. The molecule has 2 aliphatic heterocycles. The molecule has 0 aromatic heterocycles. The van der Waals surface area contributed by atoms with Crippen molar-refractivity contribution in [1.82, 2.24) is 5.32 Å². The second-order valence-corrected chi connectivity index (χ2v) is 8.79. The average molecular weight is 299 g/mol. The second-order valence-electron chi connectivity index (χ2n) is 6.60. The lowest BCUT2D eigenvalue weighted by Gasteiger charge is -2.36. The molecule has 0 aromatic rings. The van der Waals surface area contributed by atoms with Gasteiger partial charge in [-0.15, -0.1) is 0 Å². The van der Waals surface area contributed by atoms with Crippen LogP contribution in [-0.2, 0) is 0 Å². The summed E-state index contributed by atoms with van der Waals surface area (Å²) in [4.78, 5) is 4.88. The molecule has 2 unspecified atom stereocenters. The highest BCUT2D eigenvalue weighted by Gasteiger charge is 2.40. The number of nitrogens with one attached hydrogen (secondary N) is 1. The van der Waals surface area contributed by atoms with Crippen LogP contribution in [0.5, 0.6) is 0 Å². The molecule has 0 bridgehead atoms. The van der Waals surface area contributed by atoms with Crippen LogP contribution >= 0.6 is 23.5 Å². The van der Waals surface area contributed by atoms with E-state index >= 15 is 0 Å². The predicted molar refractivity (Wildman–Crippen MR) is 88.3 cm³/mol. The molecule has 19 heavy (non-hydrogen) atoms. The number of amidine groups is 1. The summed E-state index contributed by atoms with van der Waals surface area (Å²) < 4.78 is 0. The molecule has 1 saturated carbocycles. The molecule has 0 radical (unpaired) electrons. The molecular weight excluding hydrogens is 272 g/mol. The quantitative estimate of drug-likeness (QED) is 0.840. The Morgan fingerprint density at radius 2 is 2.16 bits per heavy atom. The molecule has 2 heterocycles. The van der Waals surface area contributed by atoms with Crippen molar-refractivity contribution in [3.05, 3.63) is 0 Å². The molecule has 0 aromatic carbocycles. The van der Waals surface area contributed by atoms with Crippen LogP contribution < -0.4 is 5.32 Å². The van der Waals surface area contributed by atoms with Crippen molar-refractivity contribution in [2.45, 2.75) is 51.0 Å². The second kappa shape index (κ2) is 6.30. The van der Waals surface area contributed by atoms with E-state index in [9.17, 15) is 0 Å². The summed E-state index contributed by atoms with van der Waals surface area (Å²) in [6.45, 7) is 3.46. The summed E-state index contributed by atoms with van der Waals surface area (Å²) >= 11 is 4.08. The maximum absolute atomic E-state index is 4.88. The normalized spacial score (nSPS) is 38.8. The zero-order chi connectivity index (χ0) is 13.1. The Balaban J connectivity index is 1.53. The zero-order valence-electron chi connectivity index (χ0n) is 12.0. The van der Waals surface area contributed by atoms with E-state index in [0.29, 0.717) is 5.54 Å². The first kappa shape index (κ1) is 14.1. The number of thioether (sulfide) groups is 2. The van der Waals surface area contributed by atoms with E-state index in [1.807, 2.05) is 11.8 Å². The van der Waals surface area contributed by atoms with E-state index in [4.69, 9.17) is 4.99 Å². The van der Waals surface area contributed by atoms with Gasteiger partial charge in [0.15, 0.2) is 5.17 Å². The van der Waals surface area contributed by atoms with Crippen molar-refractivity contribution < 1.29 is 0 Å². The van der Waals surface area contributed by atoms with Crippen molar-refractivity contribution in [1.29, 1.82) is 0 Å². The van der Waals surface area contributed by atoms with Crippen molar-refractivity contribution in [3.63, 3.8) is 0 Å². The number of rotatable bonds is 2. The summed E-state index contributed by atoms with van der Waals surface area (Å²) in [6.07, 6.45) is 8.24. The lowest BCUT2D eigenvalue weighted by atomic mass is 9.78. The van der Waals surface area contributed by atoms with Gasteiger partial charge in [-0.1, -0.05) is 31.5 Å². The maximum atomic E-state index is 4.88. The highest BCUT2D eigenvalue weighted by molar-refractivity contribution is 8.14. The molecule has 0 amide bonds. The molecule has 1 N–H and O–H groups in total. The van der Waals surface area contributed by atoms with Gasteiger partial charge in [-0.05, 0) is 49.0 Å². The van der Waals surface area contributed by atoms with Crippen LogP contribution in [0.3, 0.4) is 0 Å². The number of hydrogen-bond acceptors (Lipinski definition) is 3. The van der Waals surface area contributed by atoms with Crippen LogP contribution in [0.1, 0.15) is 45.4 Å². The molecule has 3 aliphatic rings. The summed E-state index contributed by atoms with van der Waals surface area (Å²) in [5, 5.41) is 5.03. The fourth-order valence-corrected chi connectivity index (χ4v) is 6.04. The van der Waals surface area contributed by atoms with Crippen molar-refractivity contribution in [3.8, 4) is 0 Å². The molecule has 2 nitrogen and oxygen atoms in total. The van der Waals surface area contributed by atoms with E-state index in [2.05, 4.69) is 24.0 Å². The minimum Gasteiger partial charge on any atom is -0.359 e. The number of aliphatic imine (C=N–C) groups is 1. The molecule has 4 heteroatoms. The summed E-state index contributed by atoms with van der Waals surface area (Å²) in [5.41, 5.74) is 0.392. The Morgan fingerprint density at radius 3 is 2.95 bits per heavy atom. The molecule has 3 rings (SSSR count). The Kier molecular flexibility index (Phi) is 4.68. The first-order chi connectivity index (χ1) is 9.26. The predicted octanol–water partition coefficient (Wildman–Crippen LogP) is 3.77. The minimum atomic E-state index is 0.392. The third-order valence-corrected chi connectivity index (χ3v) is 7.03. The zero-order valence-corrected chi connectivity index (χ0v) is 13.6. The molecule has 108 valence electrons. The van der Waals surface area contributed by atoms with Gasteiger partial charge >= 0.3 is 0 Å². The molecule has 1 spiro atoms. The number of hydrogen-bond donors (Lipinski definition) is 1. The molecule has 1 aliphatic carbocycles. The van der Waals surface area contributed by atoms with Crippen LogP contribution in [0.4, 0.5) is 0 Å². The van der Waals surface area contributed by atoms with E-state index in [0.717, 1.165) is 18.4 Å². The highest BCUT2D eigenvalue weighted by Crippen LogP contribution is 2.38. The summed E-state index contributed by atoms with van der Waals surface area (Å²) in [5.74, 6) is 5.67. The molecule has 2 saturated heterocycles. The van der Waals surface area contributed by atoms with E-state index in [-0.39, 0.29) is 0 Å². The van der Waals surface area contributed by atoms with Gasteiger partial charge in [0.05, 0.1) is 0 Å². The van der Waals surface area contributed by atoms with E-state index < -0.39 is 0 Å². The van der Waals surface area contributed by atoms with Crippen molar-refractivity contribution in [2.75, 3.05) is 23.8 Å². The highest BCUT2D eigenvalue weighted by atomic mass is 32.2. The fourth-order valence-electron chi connectivity index (χ4n) is 3.64. The minimum absolute atomic E-state index is 0.392. The Morgan fingerprint density at radius 1 is 1.32 bits per heavy atom. The van der Waals surface area contributed by atoms with E-state index in [1.165, 1.54) is 61.0 Å². The van der Waals surface area contributed by atoms with Crippen LogP contribution in [-0.4, -0.2) is 34.5 Å². The van der Waals surface area contributed by atoms with Gasteiger partial charge in [0.25, 0.3) is 0 Å². The van der Waals surface area contributed by atoms with Crippen LogP contribution in [0.2, 0.25) is 0 Å². The molecular formula is C15H26N2S2. The standard InChI is InChI=1S/C15H26N2S2/c1-12-3-2-6-15(9-12)11-19-14(17-15)16-10-13-4-7-18-8-5-13/h12-13H,2-11H2,1H3,(H,16,17). The smallest absolute Gasteiger partial charge is 0.157 e. The van der Waals surface area contributed by atoms with Gasteiger partial charge in [0.1, 0.15) is 0 Å². The summed E-state index contributed by atoms with van der Waals surface area (Å²) in [7, 11) is 0. The van der Waals surface area contributed by atoms with Gasteiger partial charge in [-0.2, -0.15) is 11.8 Å². The van der Waals surface area contributed by atoms with Gasteiger partial charge < -0.3 is 5.32 Å². The summed E-state index contributed by atoms with van der Waals surface area (Å²) in [6, 6.07) is 0. The fraction of sp³-hybridized carbons (Fsp3) is 0.933. The van der Waals surface area contributed by atoms with Crippen molar-refractivity contribution in [2.24, 2.45) is 16.8 Å². The lowest BCUT2D eigenvalue weighted by Crippen LogP contribution is -2.47. The van der Waals surface area contributed by atoms with Crippen LogP contribution in [0, 0.1) is 11.8 Å². The first-order valence-corrected chi connectivity index (χ1v) is 9.93. The lowest BCUT2D eigenvalue weighted by molar-refractivity contribution is 0.242. The maximum Gasteiger partial charge on any atom is 0.157 e. The van der Waals surface area contributed by atoms with Gasteiger partial charge in [-0.3, -0.25) is 4.99 Å². The Bertz CT molecular complexity index is 339. The SMILES string of the molecule is CC1CCCC2(CSC(=NCC3CCSCC3)N2)C1. The molecule has 3 fully saturated rings. The van der Waals surface area contributed by atoms with Crippen LogP contribution in [0.15, 0.2) is 4.99 Å². The van der Waals surface area contributed by atoms with Crippen LogP contribution in [0.25, 0.3) is 0 Å². The third kappa shape index (κ3) is 3.63. The van der Waals surface area contributed by atoms with E-state index in [1.54, 1.807) is 0 Å². The molecule has 2 atom stereocenters. The van der Waals surface area contributed by atoms with Gasteiger partial charge in [0, 0.05) is 17.8 Å². The van der Waals surface area contributed by atoms with Crippen molar-refractivity contribution >= 4 is 28.7 Å². The topological polar surface area (TPSA) is 24.4 Å². The van der Waals surface area contributed by atoms with Gasteiger partial charge in [0.2, 0.25) is 0 Å². The largest absolute Gasteiger partial charge is 0.359 e. The van der Waals surface area contributed by atoms with Gasteiger partial charge in [-0.25, -0.2) is 0 Å². The third-order valence-electron chi connectivity index (χ3n) is 4.78. The Hall–Kier alpha value is 0.170. The monoisotopic (exact) mass is 298 g/mol.